The molecule has 0 saturated carbocycles. The third kappa shape index (κ3) is 5.99. The Kier molecular flexibility index (Phi) is 6.54. The highest BCUT2D eigenvalue weighted by Crippen LogP contribution is 2.23. The molecule has 1 aliphatic heterocycles. The molecule has 2 rings (SSSR count). The van der Waals surface area contributed by atoms with E-state index in [0.29, 0.717) is 17.9 Å². The van der Waals surface area contributed by atoms with Crippen LogP contribution in [0.3, 0.4) is 0 Å². The summed E-state index contributed by atoms with van der Waals surface area (Å²) in [7, 11) is -3.18. The Morgan fingerprint density at radius 2 is 1.96 bits per heavy atom. The summed E-state index contributed by atoms with van der Waals surface area (Å²) in [6.45, 7) is 8.59. The van der Waals surface area contributed by atoms with Crippen molar-refractivity contribution in [3.8, 4) is 0 Å². The van der Waals surface area contributed by atoms with E-state index in [0.717, 1.165) is 38.0 Å². The number of rotatable bonds is 8. The van der Waals surface area contributed by atoms with Gasteiger partial charge in [0.1, 0.15) is 0 Å². The molecule has 0 aromatic carbocycles. The predicted octanol–water partition coefficient (Wildman–Crippen LogP) is 1.45. The lowest BCUT2D eigenvalue weighted by atomic mass is 9.99. The van der Waals surface area contributed by atoms with Gasteiger partial charge in [0, 0.05) is 49.7 Å². The SMILES string of the molecule is CCC[C@H]1CN(Cc2cnc(NC(C)C)nc2)C[C@@H]1NS(C)(=O)=O. The van der Waals surface area contributed by atoms with Crippen LogP contribution in [0.25, 0.3) is 0 Å². The number of nitrogens with zero attached hydrogens (tertiary/aromatic N) is 3. The molecule has 1 aromatic rings. The Balaban J connectivity index is 1.97. The highest BCUT2D eigenvalue weighted by Gasteiger charge is 2.33. The van der Waals surface area contributed by atoms with Gasteiger partial charge in [0.15, 0.2) is 0 Å². The molecular formula is C16H29N5O2S. The second-order valence-corrected chi connectivity index (χ2v) is 8.73. The highest BCUT2D eigenvalue weighted by atomic mass is 32.2. The summed E-state index contributed by atoms with van der Waals surface area (Å²) in [6, 6.07) is 0.287. The summed E-state index contributed by atoms with van der Waals surface area (Å²) in [4.78, 5) is 10.9. The zero-order valence-electron chi connectivity index (χ0n) is 15.0. The summed E-state index contributed by atoms with van der Waals surface area (Å²) in [5, 5.41) is 3.17. The fourth-order valence-electron chi connectivity index (χ4n) is 3.19. The fourth-order valence-corrected chi connectivity index (χ4v) is 4.01. The lowest BCUT2D eigenvalue weighted by molar-refractivity contribution is 0.311. The van der Waals surface area contributed by atoms with Crippen LogP contribution in [0.4, 0.5) is 5.95 Å². The fraction of sp³-hybridized carbons (Fsp3) is 0.750. The Hall–Kier alpha value is -1.25. The summed E-state index contributed by atoms with van der Waals surface area (Å²) in [6.07, 6.45) is 6.98. The first-order valence-corrected chi connectivity index (χ1v) is 10.4. The summed E-state index contributed by atoms with van der Waals surface area (Å²) in [5.41, 5.74) is 1.04. The summed E-state index contributed by atoms with van der Waals surface area (Å²) >= 11 is 0. The number of hydrogen-bond acceptors (Lipinski definition) is 6. The van der Waals surface area contributed by atoms with Crippen molar-refractivity contribution in [2.45, 2.75) is 52.2 Å². The van der Waals surface area contributed by atoms with Crippen molar-refractivity contribution in [3.63, 3.8) is 0 Å². The van der Waals surface area contributed by atoms with Crippen LogP contribution in [0, 0.1) is 5.92 Å². The molecule has 7 nitrogen and oxygen atoms in total. The first-order valence-electron chi connectivity index (χ1n) is 8.54. The molecule has 2 N–H and O–H groups in total. The molecule has 0 unspecified atom stereocenters. The third-order valence-electron chi connectivity index (χ3n) is 4.07. The van der Waals surface area contributed by atoms with Gasteiger partial charge in [0.2, 0.25) is 16.0 Å². The Morgan fingerprint density at radius 3 is 2.50 bits per heavy atom. The zero-order valence-corrected chi connectivity index (χ0v) is 15.8. The molecule has 0 aliphatic carbocycles. The van der Waals surface area contributed by atoms with E-state index in [1.54, 1.807) is 0 Å². The van der Waals surface area contributed by atoms with Crippen molar-refractivity contribution in [1.29, 1.82) is 0 Å². The van der Waals surface area contributed by atoms with Crippen LogP contribution in [0.1, 0.15) is 39.2 Å². The molecule has 8 heteroatoms. The van der Waals surface area contributed by atoms with Crippen LogP contribution in [0.15, 0.2) is 12.4 Å². The Morgan fingerprint density at radius 1 is 1.29 bits per heavy atom. The number of nitrogens with one attached hydrogen (secondary N) is 2. The number of aromatic nitrogens is 2. The third-order valence-corrected chi connectivity index (χ3v) is 4.80. The topological polar surface area (TPSA) is 87.2 Å². The summed E-state index contributed by atoms with van der Waals surface area (Å²) < 4.78 is 25.9. The molecule has 0 bridgehead atoms. The van der Waals surface area contributed by atoms with E-state index in [1.807, 2.05) is 26.2 Å². The minimum absolute atomic E-state index is 0.0113. The van der Waals surface area contributed by atoms with Gasteiger partial charge in [-0.25, -0.2) is 23.1 Å². The Bertz CT molecular complexity index is 618. The van der Waals surface area contributed by atoms with Crippen LogP contribution in [0.5, 0.6) is 0 Å². The first kappa shape index (κ1) is 19.1. The zero-order chi connectivity index (χ0) is 17.7. The molecule has 1 aliphatic rings. The molecule has 2 heterocycles. The largest absolute Gasteiger partial charge is 0.352 e. The maximum absolute atomic E-state index is 11.6. The van der Waals surface area contributed by atoms with Gasteiger partial charge in [-0.3, -0.25) is 4.90 Å². The number of anilines is 1. The quantitative estimate of drug-likeness (QED) is 0.734. The maximum atomic E-state index is 11.6. The van der Waals surface area contributed by atoms with Crippen molar-refractivity contribution < 1.29 is 8.42 Å². The maximum Gasteiger partial charge on any atom is 0.222 e. The van der Waals surface area contributed by atoms with Gasteiger partial charge in [-0.15, -0.1) is 0 Å². The van der Waals surface area contributed by atoms with E-state index < -0.39 is 10.0 Å². The van der Waals surface area contributed by atoms with Gasteiger partial charge in [0.05, 0.1) is 6.26 Å². The lowest BCUT2D eigenvalue weighted by Crippen LogP contribution is -2.39. The average molecular weight is 356 g/mol. The van der Waals surface area contributed by atoms with Crippen LogP contribution in [-0.4, -0.2) is 54.7 Å². The van der Waals surface area contributed by atoms with Gasteiger partial charge in [-0.2, -0.15) is 0 Å². The molecule has 24 heavy (non-hydrogen) atoms. The number of hydrogen-bond donors (Lipinski definition) is 2. The van der Waals surface area contributed by atoms with E-state index in [9.17, 15) is 8.42 Å². The minimum atomic E-state index is -3.18. The van der Waals surface area contributed by atoms with Gasteiger partial charge >= 0.3 is 0 Å². The molecule has 1 fully saturated rings. The van der Waals surface area contributed by atoms with Gasteiger partial charge in [0.25, 0.3) is 0 Å². The van der Waals surface area contributed by atoms with Crippen LogP contribution >= 0.6 is 0 Å². The molecule has 0 spiro atoms. The second-order valence-electron chi connectivity index (χ2n) is 6.95. The van der Waals surface area contributed by atoms with Crippen molar-refractivity contribution in [1.82, 2.24) is 19.6 Å². The van der Waals surface area contributed by atoms with Crippen LogP contribution in [0.2, 0.25) is 0 Å². The van der Waals surface area contributed by atoms with E-state index in [-0.39, 0.29) is 6.04 Å². The van der Waals surface area contributed by atoms with Crippen molar-refractivity contribution >= 4 is 16.0 Å². The molecule has 2 atom stereocenters. The van der Waals surface area contributed by atoms with Crippen molar-refractivity contribution in [2.24, 2.45) is 5.92 Å². The lowest BCUT2D eigenvalue weighted by Gasteiger charge is -2.17. The van der Waals surface area contributed by atoms with Crippen molar-refractivity contribution in [3.05, 3.63) is 18.0 Å². The average Bonchev–Trinajstić information content (AvgIpc) is 2.80. The smallest absolute Gasteiger partial charge is 0.222 e. The van der Waals surface area contributed by atoms with E-state index in [1.165, 1.54) is 6.26 Å². The van der Waals surface area contributed by atoms with E-state index in [4.69, 9.17) is 0 Å². The molecular weight excluding hydrogens is 326 g/mol. The van der Waals surface area contributed by atoms with Gasteiger partial charge in [-0.05, 0) is 26.2 Å². The predicted molar refractivity (Wildman–Crippen MR) is 96.2 cm³/mol. The molecule has 0 radical (unpaired) electrons. The van der Waals surface area contributed by atoms with Crippen LogP contribution in [-0.2, 0) is 16.6 Å². The summed E-state index contributed by atoms with van der Waals surface area (Å²) in [5.74, 6) is 0.989. The normalized spacial score (nSPS) is 22.2. The first-order chi connectivity index (χ1) is 11.3. The standard InChI is InChI=1S/C16H29N5O2S/c1-5-6-14-10-21(11-15(14)20-24(4,22)23)9-13-7-17-16(18-8-13)19-12(2)3/h7-8,12,14-15,20H,5-6,9-11H2,1-4H3,(H,17,18,19)/t14-,15-/m0/s1. The monoisotopic (exact) mass is 355 g/mol. The van der Waals surface area contributed by atoms with Crippen molar-refractivity contribution in [2.75, 3.05) is 24.7 Å². The van der Waals surface area contributed by atoms with Gasteiger partial charge in [-0.1, -0.05) is 13.3 Å². The van der Waals surface area contributed by atoms with Crippen LogP contribution < -0.4 is 10.0 Å². The Labute approximate surface area is 145 Å². The molecule has 1 aromatic heterocycles. The number of likely N-dealkylation sites (tertiary alicyclic amines) is 1. The number of sulfonamides is 1. The second kappa shape index (κ2) is 8.22. The molecule has 136 valence electrons. The molecule has 1 saturated heterocycles. The van der Waals surface area contributed by atoms with E-state index in [2.05, 4.69) is 31.8 Å². The molecule has 0 amide bonds. The highest BCUT2D eigenvalue weighted by molar-refractivity contribution is 7.88. The van der Waals surface area contributed by atoms with Gasteiger partial charge < -0.3 is 5.32 Å². The van der Waals surface area contributed by atoms with E-state index >= 15 is 0 Å². The minimum Gasteiger partial charge on any atom is -0.352 e.